The largest absolute Gasteiger partial charge is 0.479 e. The van der Waals surface area contributed by atoms with Crippen molar-refractivity contribution in [1.82, 2.24) is 15.4 Å². The molecule has 4 rings (SSSR count). The van der Waals surface area contributed by atoms with E-state index in [4.69, 9.17) is 14.7 Å². The minimum absolute atomic E-state index is 0.0655. The Kier molecular flexibility index (Phi) is 5.81. The van der Waals surface area contributed by atoms with Gasteiger partial charge in [0, 0.05) is 13.0 Å². The predicted octanol–water partition coefficient (Wildman–Crippen LogP) is 2.52. The lowest BCUT2D eigenvalue weighted by atomic mass is 9.98. The molecule has 0 spiro atoms. The van der Waals surface area contributed by atoms with Crippen LogP contribution in [0.4, 0.5) is 10.6 Å². The van der Waals surface area contributed by atoms with E-state index < -0.39 is 24.6 Å². The van der Waals surface area contributed by atoms with E-state index in [0.29, 0.717) is 5.06 Å². The number of carboxylic acids is 1. The number of hydroxylamine groups is 2. The van der Waals surface area contributed by atoms with E-state index in [1.807, 2.05) is 48.5 Å². The Morgan fingerprint density at radius 2 is 1.69 bits per heavy atom. The van der Waals surface area contributed by atoms with Crippen molar-refractivity contribution in [3.63, 3.8) is 0 Å². The Balaban J connectivity index is 1.41. The summed E-state index contributed by atoms with van der Waals surface area (Å²) in [5, 5.41) is 18.5. The average Bonchev–Trinajstić information content (AvgIpc) is 3.38. The van der Waals surface area contributed by atoms with E-state index in [0.717, 1.165) is 22.3 Å². The maximum atomic E-state index is 12.4. The van der Waals surface area contributed by atoms with Gasteiger partial charge in [-0.05, 0) is 32.6 Å². The molecule has 32 heavy (non-hydrogen) atoms. The average molecular weight is 438 g/mol. The molecule has 1 aromatic heterocycles. The van der Waals surface area contributed by atoms with Gasteiger partial charge in [-0.2, -0.15) is 0 Å². The van der Waals surface area contributed by atoms with Crippen LogP contribution < -0.4 is 5.32 Å². The number of carboxylic acid groups (broad SMARTS) is 1. The maximum absolute atomic E-state index is 12.4. The highest BCUT2D eigenvalue weighted by atomic mass is 16.7. The maximum Gasteiger partial charge on any atom is 0.412 e. The lowest BCUT2D eigenvalue weighted by Gasteiger charge is -2.15. The van der Waals surface area contributed by atoms with E-state index in [1.165, 1.54) is 7.05 Å². The van der Waals surface area contributed by atoms with Crippen molar-refractivity contribution in [2.24, 2.45) is 0 Å². The molecule has 0 bridgehead atoms. The molecule has 0 saturated heterocycles. The van der Waals surface area contributed by atoms with Crippen LogP contribution in [0.1, 0.15) is 27.5 Å². The van der Waals surface area contributed by atoms with Crippen molar-refractivity contribution in [2.75, 3.05) is 25.6 Å². The Bertz CT molecular complexity index is 1130. The molecular formula is C21H18N4O7. The fraction of sp³-hybridized carbons (Fsp3) is 0.190. The number of ether oxygens (including phenoxy) is 1. The number of nitrogens with zero attached hydrogens (tertiary/aromatic N) is 3. The number of hydrogen-bond donors (Lipinski definition) is 2. The molecule has 11 nitrogen and oxygen atoms in total. The molecule has 0 unspecified atom stereocenters. The fourth-order valence-corrected chi connectivity index (χ4v) is 3.50. The second kappa shape index (κ2) is 8.86. The van der Waals surface area contributed by atoms with Crippen LogP contribution >= 0.6 is 0 Å². The zero-order valence-electron chi connectivity index (χ0n) is 16.8. The molecule has 0 aliphatic heterocycles. The van der Waals surface area contributed by atoms with Crippen LogP contribution in [0.2, 0.25) is 0 Å². The fourth-order valence-electron chi connectivity index (χ4n) is 3.50. The third-order valence-corrected chi connectivity index (χ3v) is 4.92. The minimum Gasteiger partial charge on any atom is -0.479 e. The number of amides is 2. The van der Waals surface area contributed by atoms with Crippen LogP contribution in [0.5, 0.6) is 0 Å². The summed E-state index contributed by atoms with van der Waals surface area (Å²) in [5.74, 6) is -2.54. The summed E-state index contributed by atoms with van der Waals surface area (Å²) in [6.45, 7) is -0.668. The summed E-state index contributed by atoms with van der Waals surface area (Å²) in [5.41, 5.74) is 3.92. The van der Waals surface area contributed by atoms with Gasteiger partial charge in [0.05, 0.1) is 0 Å². The summed E-state index contributed by atoms with van der Waals surface area (Å²) < 4.78 is 9.92. The molecule has 2 amide bonds. The highest BCUT2D eigenvalue weighted by Crippen LogP contribution is 2.44. The van der Waals surface area contributed by atoms with E-state index in [9.17, 15) is 14.4 Å². The van der Waals surface area contributed by atoms with Gasteiger partial charge >= 0.3 is 18.0 Å². The Hall–Kier alpha value is -4.25. The van der Waals surface area contributed by atoms with Crippen LogP contribution in [0.15, 0.2) is 53.2 Å². The van der Waals surface area contributed by atoms with E-state index in [1.54, 1.807) is 0 Å². The molecule has 0 radical (unpaired) electrons. The number of aliphatic carboxylic acids is 1. The normalized spacial score (nSPS) is 12.0. The molecule has 1 aliphatic carbocycles. The van der Waals surface area contributed by atoms with Crippen LogP contribution in [-0.2, 0) is 14.4 Å². The number of rotatable bonds is 7. The van der Waals surface area contributed by atoms with Gasteiger partial charge in [0.25, 0.3) is 0 Å². The van der Waals surface area contributed by atoms with Crippen molar-refractivity contribution in [1.29, 1.82) is 0 Å². The van der Waals surface area contributed by atoms with Crippen molar-refractivity contribution in [3.8, 4) is 11.1 Å². The van der Waals surface area contributed by atoms with Crippen molar-refractivity contribution in [2.45, 2.75) is 5.92 Å². The first-order chi connectivity index (χ1) is 15.5. The highest BCUT2D eigenvalue weighted by molar-refractivity contribution is 5.99. The van der Waals surface area contributed by atoms with Crippen LogP contribution in [-0.4, -0.2) is 58.7 Å². The number of anilines is 1. The standard InChI is InChI=1S/C21H18N4O7/c1-25(31-11-17(26)27)20(28)18-19(24-32-23-18)22-21(29)30-10-16-14-8-4-2-6-12(14)13-7-3-5-9-15(13)16/h2-9,16H,10-11H2,1H3,(H,26,27)(H,22,24,29). The Morgan fingerprint density at radius 1 is 1.06 bits per heavy atom. The van der Waals surface area contributed by atoms with Gasteiger partial charge in [-0.1, -0.05) is 48.5 Å². The number of aromatic nitrogens is 2. The molecule has 0 atom stereocenters. The van der Waals surface area contributed by atoms with Gasteiger partial charge in [-0.15, -0.1) is 0 Å². The topological polar surface area (TPSA) is 144 Å². The van der Waals surface area contributed by atoms with Crippen molar-refractivity contribution in [3.05, 3.63) is 65.4 Å². The van der Waals surface area contributed by atoms with Crippen LogP contribution in [0, 0.1) is 0 Å². The third-order valence-electron chi connectivity index (χ3n) is 4.92. The second-order valence-corrected chi connectivity index (χ2v) is 6.88. The SMILES string of the molecule is CN(OCC(=O)O)C(=O)c1nonc1NC(=O)OCC1c2ccccc2-c2ccccc21. The van der Waals surface area contributed by atoms with Crippen LogP contribution in [0.25, 0.3) is 11.1 Å². The number of fused-ring (bicyclic) bond motifs is 3. The summed E-state index contributed by atoms with van der Waals surface area (Å²) in [6.07, 6.45) is -0.856. The quantitative estimate of drug-likeness (QED) is 0.532. The highest BCUT2D eigenvalue weighted by Gasteiger charge is 2.30. The number of carbonyl (C=O) groups excluding carboxylic acids is 2. The zero-order valence-corrected chi connectivity index (χ0v) is 16.8. The van der Waals surface area contributed by atoms with E-state index >= 15 is 0 Å². The smallest absolute Gasteiger partial charge is 0.412 e. The molecule has 0 saturated carbocycles. The first kappa shape index (κ1) is 21.0. The lowest BCUT2D eigenvalue weighted by Crippen LogP contribution is -2.30. The molecule has 1 aliphatic rings. The van der Waals surface area contributed by atoms with Crippen molar-refractivity contribution < 1.29 is 33.7 Å². The summed E-state index contributed by atoms with van der Waals surface area (Å²) in [4.78, 5) is 40.0. The Labute approximate surface area is 181 Å². The molecule has 2 aromatic carbocycles. The Morgan fingerprint density at radius 3 is 2.31 bits per heavy atom. The number of nitrogens with one attached hydrogen (secondary N) is 1. The number of benzene rings is 2. The lowest BCUT2D eigenvalue weighted by molar-refractivity contribution is -0.159. The molecule has 2 N–H and O–H groups in total. The zero-order chi connectivity index (χ0) is 22.7. The van der Waals surface area contributed by atoms with Gasteiger partial charge in [-0.3, -0.25) is 14.9 Å². The van der Waals surface area contributed by atoms with Crippen molar-refractivity contribution >= 4 is 23.8 Å². The van der Waals surface area contributed by atoms with Gasteiger partial charge in [0.2, 0.25) is 11.5 Å². The molecule has 0 fully saturated rings. The number of carbonyl (C=O) groups is 3. The third kappa shape index (κ3) is 4.14. The predicted molar refractivity (Wildman–Crippen MR) is 109 cm³/mol. The molecule has 1 heterocycles. The molecular weight excluding hydrogens is 420 g/mol. The minimum atomic E-state index is -1.26. The van der Waals surface area contributed by atoms with Gasteiger partial charge in [-0.25, -0.2) is 19.3 Å². The van der Waals surface area contributed by atoms with E-state index in [2.05, 4.69) is 20.3 Å². The van der Waals surface area contributed by atoms with E-state index in [-0.39, 0.29) is 24.0 Å². The second-order valence-electron chi connectivity index (χ2n) is 6.88. The molecule has 3 aromatic rings. The monoisotopic (exact) mass is 438 g/mol. The van der Waals surface area contributed by atoms with Gasteiger partial charge < -0.3 is 9.84 Å². The van der Waals surface area contributed by atoms with Gasteiger partial charge in [0.15, 0.2) is 6.61 Å². The molecule has 11 heteroatoms. The molecule has 164 valence electrons. The summed E-state index contributed by atoms with van der Waals surface area (Å²) in [6, 6.07) is 15.8. The first-order valence-corrected chi connectivity index (χ1v) is 9.53. The first-order valence-electron chi connectivity index (χ1n) is 9.53. The summed E-state index contributed by atoms with van der Waals surface area (Å²) in [7, 11) is 1.19. The number of hydrogen-bond acceptors (Lipinski definition) is 8. The summed E-state index contributed by atoms with van der Waals surface area (Å²) >= 11 is 0. The van der Waals surface area contributed by atoms with Crippen LogP contribution in [0.3, 0.4) is 0 Å². The van der Waals surface area contributed by atoms with Gasteiger partial charge in [0.1, 0.15) is 6.61 Å².